The van der Waals surface area contributed by atoms with Crippen LogP contribution in [0, 0.1) is 0 Å². The van der Waals surface area contributed by atoms with Gasteiger partial charge in [-0.2, -0.15) is 0 Å². The second-order valence-electron chi connectivity index (χ2n) is 8.08. The molecule has 0 aromatic heterocycles. The lowest BCUT2D eigenvalue weighted by Crippen LogP contribution is -2.06. The van der Waals surface area contributed by atoms with Crippen LogP contribution in [0.4, 0.5) is 0 Å². The maximum Gasteiger partial charge on any atom is 0.207 e. The topological polar surface area (TPSA) is 52.6 Å². The maximum absolute atomic E-state index is 13.9. The summed E-state index contributed by atoms with van der Waals surface area (Å²) in [5.41, 5.74) is 2.73. The summed E-state index contributed by atoms with van der Waals surface area (Å²) in [4.78, 5) is 0.283. The van der Waals surface area contributed by atoms with Gasteiger partial charge in [0.05, 0.1) is 24.0 Å². The summed E-state index contributed by atoms with van der Waals surface area (Å²) in [6.45, 7) is 0. The zero-order chi connectivity index (χ0) is 26.4. The van der Waals surface area contributed by atoms with E-state index in [-0.39, 0.29) is 9.79 Å². The van der Waals surface area contributed by atoms with E-state index < -0.39 is 9.84 Å². The molecule has 7 heteroatoms. The second kappa shape index (κ2) is 11.7. The van der Waals surface area contributed by atoms with Gasteiger partial charge in [0.15, 0.2) is 0 Å². The Balaban J connectivity index is 1.74. The van der Waals surface area contributed by atoms with Gasteiger partial charge in [0.1, 0.15) is 11.5 Å². The van der Waals surface area contributed by atoms with Crippen LogP contribution in [-0.4, -0.2) is 22.6 Å². The van der Waals surface area contributed by atoms with E-state index in [1.807, 2.05) is 60.7 Å². The van der Waals surface area contributed by atoms with E-state index in [9.17, 15) is 8.42 Å². The third-order valence-corrected chi connectivity index (χ3v) is 8.04. The van der Waals surface area contributed by atoms with Crippen molar-refractivity contribution in [3.8, 4) is 11.5 Å². The molecule has 4 nitrogen and oxygen atoms in total. The predicted molar refractivity (Wildman–Crippen MR) is 152 cm³/mol. The third-order valence-electron chi connectivity index (χ3n) is 5.66. The van der Waals surface area contributed by atoms with Gasteiger partial charge in [-0.1, -0.05) is 71.8 Å². The van der Waals surface area contributed by atoms with Gasteiger partial charge in [-0.15, -0.1) is 0 Å². The van der Waals surface area contributed by atoms with Crippen LogP contribution in [0.5, 0.6) is 11.5 Å². The number of ether oxygens (including phenoxy) is 2. The fraction of sp³-hybridized carbons (Fsp3) is 0.0667. The molecular formula is C30H24Cl2O4S. The third kappa shape index (κ3) is 6.44. The van der Waals surface area contributed by atoms with Gasteiger partial charge >= 0.3 is 0 Å². The van der Waals surface area contributed by atoms with Crippen LogP contribution in [0.1, 0.15) is 22.3 Å². The maximum atomic E-state index is 13.9. The molecule has 0 bridgehead atoms. The van der Waals surface area contributed by atoms with E-state index in [2.05, 4.69) is 0 Å². The molecule has 0 saturated carbocycles. The van der Waals surface area contributed by atoms with Crippen LogP contribution in [0.2, 0.25) is 10.0 Å². The molecule has 37 heavy (non-hydrogen) atoms. The van der Waals surface area contributed by atoms with E-state index in [1.54, 1.807) is 50.6 Å². The van der Waals surface area contributed by atoms with Gasteiger partial charge < -0.3 is 9.47 Å². The Morgan fingerprint density at radius 3 is 1.30 bits per heavy atom. The second-order valence-corrected chi connectivity index (χ2v) is 10.8. The molecule has 4 aromatic rings. The Kier molecular flexibility index (Phi) is 8.39. The molecule has 0 atom stereocenters. The monoisotopic (exact) mass is 550 g/mol. The standard InChI is InChI=1S/C30H24Cl2O4S/c1-35-27-13-5-21(6-14-27)3-9-23-19-25(31)11-17-29(23)37(33,34)30-18-12-26(32)20-24(30)10-4-22-7-15-28(36-2)16-8-22/h3-20H,1-2H3. The minimum Gasteiger partial charge on any atom is -0.497 e. The van der Waals surface area contributed by atoms with Crippen LogP contribution < -0.4 is 9.47 Å². The van der Waals surface area contributed by atoms with Crippen molar-refractivity contribution in [2.75, 3.05) is 14.2 Å². The fourth-order valence-corrected chi connectivity index (χ4v) is 5.68. The summed E-state index contributed by atoms with van der Waals surface area (Å²) in [5, 5.41) is 0.869. The lowest BCUT2D eigenvalue weighted by Gasteiger charge is -2.12. The van der Waals surface area contributed by atoms with Crippen LogP contribution in [0.25, 0.3) is 24.3 Å². The first-order valence-corrected chi connectivity index (χ1v) is 13.5. The molecule has 4 aromatic carbocycles. The number of methoxy groups -OCH3 is 2. The van der Waals surface area contributed by atoms with Crippen molar-refractivity contribution in [2.45, 2.75) is 9.79 Å². The summed E-state index contributed by atoms with van der Waals surface area (Å²) in [7, 11) is -0.719. The number of hydrogen-bond acceptors (Lipinski definition) is 4. The quantitative estimate of drug-likeness (QED) is 0.207. The smallest absolute Gasteiger partial charge is 0.207 e. The number of rotatable bonds is 8. The number of halogens is 2. The molecule has 0 spiro atoms. The minimum atomic E-state index is -3.92. The van der Waals surface area contributed by atoms with Crippen molar-refractivity contribution >= 4 is 57.3 Å². The van der Waals surface area contributed by atoms with Crippen molar-refractivity contribution in [3.05, 3.63) is 117 Å². The summed E-state index contributed by atoms with van der Waals surface area (Å²) < 4.78 is 38.2. The minimum absolute atomic E-state index is 0.142. The Bertz CT molecular complexity index is 1440. The molecule has 188 valence electrons. The number of sulfone groups is 1. The summed E-state index contributed by atoms with van der Waals surface area (Å²) in [6.07, 6.45) is 7.14. The first-order chi connectivity index (χ1) is 17.8. The van der Waals surface area contributed by atoms with Crippen LogP contribution in [0.15, 0.2) is 94.7 Å². The Labute approximate surface area is 227 Å². The highest BCUT2D eigenvalue weighted by Crippen LogP contribution is 2.32. The van der Waals surface area contributed by atoms with E-state index >= 15 is 0 Å². The molecule has 0 N–H and O–H groups in total. The molecule has 0 amide bonds. The van der Waals surface area contributed by atoms with Gasteiger partial charge in [0, 0.05) is 10.0 Å². The average molecular weight is 551 g/mol. The van der Waals surface area contributed by atoms with Crippen LogP contribution in [0.3, 0.4) is 0 Å². The van der Waals surface area contributed by atoms with E-state index in [1.165, 1.54) is 12.1 Å². The largest absolute Gasteiger partial charge is 0.497 e. The highest BCUT2D eigenvalue weighted by atomic mass is 35.5. The van der Waals surface area contributed by atoms with Crippen LogP contribution in [-0.2, 0) is 9.84 Å². The van der Waals surface area contributed by atoms with Crippen molar-refractivity contribution < 1.29 is 17.9 Å². The van der Waals surface area contributed by atoms with E-state index in [0.29, 0.717) is 21.2 Å². The summed E-state index contributed by atoms with van der Waals surface area (Å²) in [5.74, 6) is 1.47. The molecule has 0 aliphatic heterocycles. The molecule has 0 fully saturated rings. The van der Waals surface area contributed by atoms with Crippen molar-refractivity contribution in [3.63, 3.8) is 0 Å². The van der Waals surface area contributed by atoms with Gasteiger partial charge in [-0.25, -0.2) is 8.42 Å². The van der Waals surface area contributed by atoms with Crippen molar-refractivity contribution in [1.82, 2.24) is 0 Å². The van der Waals surface area contributed by atoms with Gasteiger partial charge in [0.2, 0.25) is 9.84 Å². The van der Waals surface area contributed by atoms with Gasteiger partial charge in [-0.3, -0.25) is 0 Å². The molecule has 0 saturated heterocycles. The van der Waals surface area contributed by atoms with Gasteiger partial charge in [0.25, 0.3) is 0 Å². The molecule has 0 aliphatic rings. The van der Waals surface area contributed by atoms with Crippen molar-refractivity contribution in [1.29, 1.82) is 0 Å². The SMILES string of the molecule is COc1ccc(C=Cc2cc(Cl)ccc2S(=O)(=O)c2ccc(Cl)cc2C=Cc2ccc(OC)cc2)cc1. The Morgan fingerprint density at radius 1 is 0.568 bits per heavy atom. The summed E-state index contributed by atoms with van der Waals surface area (Å²) >= 11 is 12.5. The van der Waals surface area contributed by atoms with Crippen molar-refractivity contribution in [2.24, 2.45) is 0 Å². The molecule has 0 radical (unpaired) electrons. The molecule has 4 rings (SSSR count). The zero-order valence-corrected chi connectivity index (χ0v) is 22.5. The van der Waals surface area contributed by atoms with Crippen LogP contribution >= 0.6 is 23.2 Å². The summed E-state index contributed by atoms with van der Waals surface area (Å²) in [6, 6.07) is 24.4. The molecule has 0 aliphatic carbocycles. The lowest BCUT2D eigenvalue weighted by molar-refractivity contribution is 0.414. The highest BCUT2D eigenvalue weighted by Gasteiger charge is 2.23. The highest BCUT2D eigenvalue weighted by molar-refractivity contribution is 7.91. The predicted octanol–water partition coefficient (Wildman–Crippen LogP) is 8.18. The normalized spacial score (nSPS) is 11.8. The van der Waals surface area contributed by atoms with E-state index in [0.717, 1.165) is 22.6 Å². The van der Waals surface area contributed by atoms with Gasteiger partial charge in [-0.05, 0) is 82.9 Å². The molecule has 0 heterocycles. The molecule has 0 unspecified atom stereocenters. The number of benzene rings is 4. The Hall–Kier alpha value is -3.51. The Morgan fingerprint density at radius 2 is 0.946 bits per heavy atom. The lowest BCUT2D eigenvalue weighted by atomic mass is 10.1. The first-order valence-electron chi connectivity index (χ1n) is 11.3. The molecular weight excluding hydrogens is 527 g/mol. The fourth-order valence-electron chi connectivity index (χ4n) is 3.71. The zero-order valence-electron chi connectivity index (χ0n) is 20.2. The van der Waals surface area contributed by atoms with E-state index in [4.69, 9.17) is 32.7 Å². The number of hydrogen-bond donors (Lipinski definition) is 0. The first kappa shape index (κ1) is 26.6. The average Bonchev–Trinajstić information content (AvgIpc) is 2.91.